The summed E-state index contributed by atoms with van der Waals surface area (Å²) in [6.07, 6.45) is 0.0622. The molecular weight excluding hydrogens is 449 g/mol. The molecule has 1 N–H and O–H groups in total. The summed E-state index contributed by atoms with van der Waals surface area (Å²) in [5.41, 5.74) is 2.28. The fourth-order valence-electron chi connectivity index (χ4n) is 4.64. The molecule has 2 amide bonds. The molecular formula is C27H28FN3O4. The van der Waals surface area contributed by atoms with Gasteiger partial charge in [0.05, 0.1) is 38.8 Å². The first-order valence-corrected chi connectivity index (χ1v) is 11.9. The van der Waals surface area contributed by atoms with Crippen molar-refractivity contribution in [2.75, 3.05) is 26.3 Å². The molecule has 0 spiro atoms. The lowest BCUT2D eigenvalue weighted by atomic mass is 10.0. The minimum Gasteiger partial charge on any atom is -0.463 e. The zero-order valence-corrected chi connectivity index (χ0v) is 19.4. The standard InChI is InChI=1S/C27H28FN3O4/c28-21-7-5-19(6-8-21)25(31-17-20-3-1-2-4-24(20)27(31)33)15-26(32)29-16-22-9-10-23(35-22)18-30-11-13-34-14-12-30/h1-10,25H,11-18H2,(H,29,32)/t25-/m1/s1. The van der Waals surface area contributed by atoms with Crippen LogP contribution >= 0.6 is 0 Å². The van der Waals surface area contributed by atoms with Crippen molar-refractivity contribution in [1.82, 2.24) is 15.1 Å². The molecule has 0 aliphatic carbocycles. The Hall–Kier alpha value is -3.49. The van der Waals surface area contributed by atoms with E-state index >= 15 is 0 Å². The predicted molar refractivity (Wildman–Crippen MR) is 127 cm³/mol. The first-order chi connectivity index (χ1) is 17.1. The van der Waals surface area contributed by atoms with Crippen LogP contribution in [-0.4, -0.2) is 47.9 Å². The number of carbonyl (C=O) groups excluding carboxylic acids is 2. The van der Waals surface area contributed by atoms with Gasteiger partial charge in [0.15, 0.2) is 0 Å². The van der Waals surface area contributed by atoms with Gasteiger partial charge in [0.1, 0.15) is 17.3 Å². The van der Waals surface area contributed by atoms with Gasteiger partial charge in [-0.05, 0) is 41.5 Å². The van der Waals surface area contributed by atoms with Crippen molar-refractivity contribution in [3.8, 4) is 0 Å². The fourth-order valence-corrected chi connectivity index (χ4v) is 4.64. The van der Waals surface area contributed by atoms with E-state index in [4.69, 9.17) is 9.15 Å². The topological polar surface area (TPSA) is 75.0 Å². The van der Waals surface area contributed by atoms with Gasteiger partial charge in [0.2, 0.25) is 5.91 Å². The molecule has 0 saturated carbocycles. The van der Waals surface area contributed by atoms with Crippen molar-refractivity contribution in [3.63, 3.8) is 0 Å². The largest absolute Gasteiger partial charge is 0.463 e. The maximum Gasteiger partial charge on any atom is 0.255 e. The molecule has 5 rings (SSSR count). The highest BCUT2D eigenvalue weighted by Crippen LogP contribution is 2.33. The Bertz CT molecular complexity index is 1190. The number of nitrogens with one attached hydrogen (secondary N) is 1. The second-order valence-electron chi connectivity index (χ2n) is 8.89. The van der Waals surface area contributed by atoms with Crippen LogP contribution in [0.4, 0.5) is 4.39 Å². The van der Waals surface area contributed by atoms with Crippen molar-refractivity contribution in [2.24, 2.45) is 0 Å². The molecule has 2 aliphatic rings. The van der Waals surface area contributed by atoms with Crippen molar-refractivity contribution >= 4 is 11.8 Å². The van der Waals surface area contributed by atoms with Crippen LogP contribution in [0.15, 0.2) is 65.1 Å². The van der Waals surface area contributed by atoms with Gasteiger partial charge < -0.3 is 19.4 Å². The average Bonchev–Trinajstić information content (AvgIpc) is 3.46. The second kappa shape index (κ2) is 10.4. The van der Waals surface area contributed by atoms with Gasteiger partial charge in [-0.15, -0.1) is 0 Å². The van der Waals surface area contributed by atoms with Gasteiger partial charge in [-0.2, -0.15) is 0 Å². The monoisotopic (exact) mass is 477 g/mol. The molecule has 0 radical (unpaired) electrons. The summed E-state index contributed by atoms with van der Waals surface area (Å²) < 4.78 is 24.8. The number of ether oxygens (including phenoxy) is 1. The molecule has 2 aliphatic heterocycles. The van der Waals surface area contributed by atoms with Gasteiger partial charge in [0, 0.05) is 25.2 Å². The van der Waals surface area contributed by atoms with E-state index in [0.29, 0.717) is 30.0 Å². The lowest BCUT2D eigenvalue weighted by Gasteiger charge is -2.28. The number of hydrogen-bond donors (Lipinski definition) is 1. The van der Waals surface area contributed by atoms with Crippen molar-refractivity contribution in [2.45, 2.75) is 32.1 Å². The van der Waals surface area contributed by atoms with Gasteiger partial charge in [-0.3, -0.25) is 14.5 Å². The molecule has 7 nitrogen and oxygen atoms in total. The molecule has 3 heterocycles. The summed E-state index contributed by atoms with van der Waals surface area (Å²) in [6.45, 7) is 4.57. The van der Waals surface area contributed by atoms with Gasteiger partial charge >= 0.3 is 0 Å². The molecule has 0 unspecified atom stereocenters. The Morgan fingerprint density at radius 2 is 1.74 bits per heavy atom. The fraction of sp³-hybridized carbons (Fsp3) is 0.333. The molecule has 1 fully saturated rings. The normalized spacial score (nSPS) is 16.8. The third kappa shape index (κ3) is 5.44. The minimum atomic E-state index is -0.510. The number of halogens is 1. The number of hydrogen-bond acceptors (Lipinski definition) is 5. The lowest BCUT2D eigenvalue weighted by molar-refractivity contribution is -0.122. The summed E-state index contributed by atoms with van der Waals surface area (Å²) >= 11 is 0. The lowest BCUT2D eigenvalue weighted by Crippen LogP contribution is -2.35. The molecule has 0 bridgehead atoms. The first-order valence-electron chi connectivity index (χ1n) is 11.9. The van der Waals surface area contributed by atoms with E-state index < -0.39 is 6.04 Å². The molecule has 1 atom stereocenters. The van der Waals surface area contributed by atoms with Crippen LogP contribution in [0.25, 0.3) is 0 Å². The molecule has 182 valence electrons. The highest BCUT2D eigenvalue weighted by Gasteiger charge is 2.34. The van der Waals surface area contributed by atoms with Crippen molar-refractivity contribution in [1.29, 1.82) is 0 Å². The molecule has 1 aromatic heterocycles. The molecule has 8 heteroatoms. The van der Waals surface area contributed by atoms with Crippen LogP contribution in [0.3, 0.4) is 0 Å². The van der Waals surface area contributed by atoms with Crippen molar-refractivity contribution in [3.05, 3.63) is 94.7 Å². The Morgan fingerprint density at radius 3 is 2.51 bits per heavy atom. The molecule has 2 aromatic carbocycles. The zero-order chi connectivity index (χ0) is 24.2. The summed E-state index contributed by atoms with van der Waals surface area (Å²) in [5.74, 6) is 0.819. The highest BCUT2D eigenvalue weighted by atomic mass is 19.1. The van der Waals surface area contributed by atoms with Crippen LogP contribution in [-0.2, 0) is 29.2 Å². The summed E-state index contributed by atoms with van der Waals surface area (Å²) in [7, 11) is 0. The highest BCUT2D eigenvalue weighted by molar-refractivity contribution is 5.98. The van der Waals surface area contributed by atoms with Gasteiger partial charge in [-0.1, -0.05) is 30.3 Å². The number of nitrogens with zero attached hydrogens (tertiary/aromatic N) is 2. The molecule has 1 saturated heterocycles. The summed E-state index contributed by atoms with van der Waals surface area (Å²) in [4.78, 5) is 30.0. The third-order valence-corrected chi connectivity index (χ3v) is 6.52. The van der Waals surface area contributed by atoms with Crippen LogP contribution in [0.1, 0.15) is 45.5 Å². The Kier molecular flexibility index (Phi) is 6.92. The minimum absolute atomic E-state index is 0.0622. The van der Waals surface area contributed by atoms with Gasteiger partial charge in [-0.25, -0.2) is 4.39 Å². The van der Waals surface area contributed by atoms with E-state index in [-0.39, 0.29) is 30.6 Å². The number of benzene rings is 2. The number of furan rings is 1. The molecule has 35 heavy (non-hydrogen) atoms. The van der Waals surface area contributed by atoms with E-state index in [1.165, 1.54) is 12.1 Å². The number of rotatable bonds is 8. The van der Waals surface area contributed by atoms with E-state index in [0.717, 1.165) is 37.6 Å². The number of carbonyl (C=O) groups is 2. The van der Waals surface area contributed by atoms with Crippen LogP contribution in [0.2, 0.25) is 0 Å². The van der Waals surface area contributed by atoms with E-state index in [9.17, 15) is 14.0 Å². The smallest absolute Gasteiger partial charge is 0.255 e. The Morgan fingerprint density at radius 1 is 1.00 bits per heavy atom. The number of morpholine rings is 1. The van der Waals surface area contributed by atoms with Gasteiger partial charge in [0.25, 0.3) is 5.91 Å². The van der Waals surface area contributed by atoms with Crippen molar-refractivity contribution < 1.29 is 23.1 Å². The Balaban J connectivity index is 1.24. The number of amides is 2. The SMILES string of the molecule is O=C(C[C@H](c1ccc(F)cc1)N1Cc2ccccc2C1=O)NCc1ccc(CN2CCOCC2)o1. The zero-order valence-electron chi connectivity index (χ0n) is 19.4. The van der Waals surface area contributed by atoms with Crippen LogP contribution < -0.4 is 5.32 Å². The van der Waals surface area contributed by atoms with E-state index in [2.05, 4.69) is 10.2 Å². The predicted octanol–water partition coefficient (Wildman–Crippen LogP) is 3.65. The first kappa shape index (κ1) is 23.3. The van der Waals surface area contributed by atoms with E-state index in [1.807, 2.05) is 30.3 Å². The van der Waals surface area contributed by atoms with E-state index in [1.54, 1.807) is 23.1 Å². The summed E-state index contributed by atoms with van der Waals surface area (Å²) in [6, 6.07) is 16.7. The second-order valence-corrected chi connectivity index (χ2v) is 8.89. The maximum atomic E-state index is 13.6. The molecule has 3 aromatic rings. The average molecular weight is 478 g/mol. The Labute approximate surface area is 203 Å². The third-order valence-electron chi connectivity index (χ3n) is 6.52. The van der Waals surface area contributed by atoms with Crippen LogP contribution in [0, 0.1) is 5.82 Å². The quantitative estimate of drug-likeness (QED) is 0.536. The van der Waals surface area contributed by atoms with Crippen LogP contribution in [0.5, 0.6) is 0 Å². The maximum absolute atomic E-state index is 13.6. The number of fused-ring (bicyclic) bond motifs is 1. The summed E-state index contributed by atoms with van der Waals surface area (Å²) in [5, 5.41) is 2.91.